The maximum Gasteiger partial charge on any atom is 0.0744 e. The molecule has 5 heterocycles. The molecule has 2 aliphatic rings. The van der Waals surface area contributed by atoms with Crippen LogP contribution in [-0.2, 0) is 0 Å². The van der Waals surface area contributed by atoms with Gasteiger partial charge in [0, 0.05) is 33.2 Å². The number of aromatic amines is 2. The maximum atomic E-state index is 5.26. The maximum absolute atomic E-state index is 5.26. The van der Waals surface area contributed by atoms with Gasteiger partial charge >= 0.3 is 0 Å². The van der Waals surface area contributed by atoms with E-state index in [0.29, 0.717) is 0 Å². The molecule has 0 radical (unpaired) electrons. The number of H-pyrrole nitrogens is 2. The Morgan fingerprint density at radius 3 is 1.53 bits per heavy atom. The van der Waals surface area contributed by atoms with Crippen molar-refractivity contribution in [2.75, 3.05) is 0 Å². The van der Waals surface area contributed by atoms with E-state index in [1.165, 1.54) is 22.3 Å². The molecule has 5 aromatic rings. The van der Waals surface area contributed by atoms with Gasteiger partial charge in [-0.1, -0.05) is 48.5 Å². The third-order valence-corrected chi connectivity index (χ3v) is 7.17. The van der Waals surface area contributed by atoms with Crippen LogP contribution in [0.2, 0.25) is 0 Å². The van der Waals surface area contributed by atoms with Gasteiger partial charge in [-0.3, -0.25) is 0 Å². The van der Waals surface area contributed by atoms with Gasteiger partial charge in [0.15, 0.2) is 0 Å². The fourth-order valence-electron chi connectivity index (χ4n) is 5.32. The minimum Gasteiger partial charge on any atom is -0.355 e. The number of fused-ring (bicyclic) bond motifs is 8. The summed E-state index contributed by atoms with van der Waals surface area (Å²) in [6.45, 7) is 4.33. The predicted octanol–water partition coefficient (Wildman–Crippen LogP) is 8.11. The van der Waals surface area contributed by atoms with Gasteiger partial charge in [-0.05, 0) is 96.8 Å². The van der Waals surface area contributed by atoms with Crippen LogP contribution in [0.25, 0.3) is 45.4 Å². The van der Waals surface area contributed by atoms with Gasteiger partial charge in [0.25, 0.3) is 0 Å². The molecule has 4 nitrogen and oxygen atoms in total. The third kappa shape index (κ3) is 3.97. The molecule has 2 N–H and O–H groups in total. The Morgan fingerprint density at radius 2 is 0.947 bits per heavy atom. The Balaban J connectivity index is 1.63. The van der Waals surface area contributed by atoms with Gasteiger partial charge in [0.05, 0.1) is 22.8 Å². The van der Waals surface area contributed by atoms with Crippen LogP contribution < -0.4 is 0 Å². The highest BCUT2D eigenvalue weighted by Crippen LogP contribution is 2.41. The lowest BCUT2D eigenvalue weighted by molar-refractivity contribution is 1.26. The lowest BCUT2D eigenvalue weighted by Gasteiger charge is -2.13. The van der Waals surface area contributed by atoms with Crippen molar-refractivity contribution in [1.29, 1.82) is 0 Å². The van der Waals surface area contributed by atoms with Crippen LogP contribution in [0, 0.1) is 13.8 Å². The first kappa shape index (κ1) is 22.3. The van der Waals surface area contributed by atoms with Crippen LogP contribution in [0.5, 0.6) is 0 Å². The molecule has 8 bridgehead atoms. The second kappa shape index (κ2) is 8.86. The van der Waals surface area contributed by atoms with Crippen LogP contribution in [0.15, 0.2) is 97.1 Å². The number of hydrogen-bond donors (Lipinski definition) is 2. The molecule has 3 aromatic heterocycles. The molecule has 182 valence electrons. The fraction of sp³-hybridized carbons (Fsp3) is 0.0588. The molecular weight excluding hydrogens is 464 g/mol. The quantitative estimate of drug-likeness (QED) is 0.257. The molecule has 0 saturated heterocycles. The van der Waals surface area contributed by atoms with Crippen LogP contribution in [0.3, 0.4) is 0 Å². The first-order valence-corrected chi connectivity index (χ1v) is 12.8. The Hall–Kier alpha value is -4.96. The average Bonchev–Trinajstić information content (AvgIpc) is 3.70. The molecular formula is C34H26N4. The summed E-state index contributed by atoms with van der Waals surface area (Å²) in [6.07, 6.45) is 4.11. The monoisotopic (exact) mass is 490 g/mol. The number of benzene rings is 2. The second-order valence-electron chi connectivity index (χ2n) is 9.87. The molecule has 0 amide bonds. The van der Waals surface area contributed by atoms with E-state index in [9.17, 15) is 0 Å². The van der Waals surface area contributed by atoms with Gasteiger partial charge in [0.2, 0.25) is 0 Å². The van der Waals surface area contributed by atoms with Crippen molar-refractivity contribution in [2.45, 2.75) is 13.8 Å². The molecule has 0 fully saturated rings. The van der Waals surface area contributed by atoms with Crippen molar-refractivity contribution in [3.63, 3.8) is 0 Å². The number of aryl methyl sites for hydroxylation is 2. The molecule has 4 heteroatoms. The molecule has 0 spiro atoms. The van der Waals surface area contributed by atoms with Crippen molar-refractivity contribution in [1.82, 2.24) is 19.9 Å². The van der Waals surface area contributed by atoms with E-state index in [1.54, 1.807) is 0 Å². The standard InChI is InChI=1S/C34H26N4/c1-21-7-3-5-9-29(21)33-31-19-27-15-13-25(36-27)17-23-11-12-24(35-23)18-26-14-16-28(37-26)20-32(38-31)34(33)30-10-6-4-8-22(30)2/h3-20,35-36H,1-2H3. The zero-order valence-corrected chi connectivity index (χ0v) is 21.3. The minimum absolute atomic E-state index is 0.888. The van der Waals surface area contributed by atoms with Crippen LogP contribution >= 0.6 is 0 Å². The summed E-state index contributed by atoms with van der Waals surface area (Å²) in [5, 5.41) is 0. The molecule has 2 aromatic carbocycles. The van der Waals surface area contributed by atoms with E-state index in [-0.39, 0.29) is 0 Å². The number of aromatic nitrogens is 4. The Bertz CT molecular complexity index is 1950. The second-order valence-corrected chi connectivity index (χ2v) is 9.87. The first-order chi connectivity index (χ1) is 18.6. The molecule has 7 rings (SSSR count). The lowest BCUT2D eigenvalue weighted by Crippen LogP contribution is -1.95. The Kier molecular flexibility index (Phi) is 5.19. The smallest absolute Gasteiger partial charge is 0.0744 e. The van der Waals surface area contributed by atoms with E-state index >= 15 is 0 Å². The highest BCUT2D eigenvalue weighted by Gasteiger charge is 2.25. The molecule has 2 aliphatic heterocycles. The molecule has 0 unspecified atom stereocenters. The van der Waals surface area contributed by atoms with Crippen molar-refractivity contribution < 1.29 is 0 Å². The first-order valence-electron chi connectivity index (χ1n) is 12.8. The average molecular weight is 491 g/mol. The Labute approximate surface area is 221 Å². The summed E-state index contributed by atoms with van der Waals surface area (Å²) in [7, 11) is 0. The summed E-state index contributed by atoms with van der Waals surface area (Å²) in [5.74, 6) is 0. The van der Waals surface area contributed by atoms with Crippen molar-refractivity contribution in [3.8, 4) is 0 Å². The zero-order chi connectivity index (χ0) is 25.6. The lowest BCUT2D eigenvalue weighted by atomic mass is 9.88. The molecule has 0 saturated carbocycles. The summed E-state index contributed by atoms with van der Waals surface area (Å²) in [5.41, 5.74) is 14.8. The van der Waals surface area contributed by atoms with Crippen LogP contribution in [0.4, 0.5) is 0 Å². The topological polar surface area (TPSA) is 57.4 Å². The number of nitrogens with one attached hydrogen (secondary N) is 2. The van der Waals surface area contributed by atoms with Gasteiger partial charge in [-0.15, -0.1) is 0 Å². The SMILES string of the molecule is Cc1ccccc1C1=C(c2ccccc2C)c2cc3ccc(cc4ccc(cc5nc(cc1n2)C=C5)[nH]4)[nH]3. The van der Waals surface area contributed by atoms with E-state index in [2.05, 4.69) is 133 Å². The minimum atomic E-state index is 0.888. The summed E-state index contributed by atoms with van der Waals surface area (Å²) >= 11 is 0. The van der Waals surface area contributed by atoms with Gasteiger partial charge in [-0.25, -0.2) is 9.97 Å². The predicted molar refractivity (Wildman–Crippen MR) is 157 cm³/mol. The highest BCUT2D eigenvalue weighted by atomic mass is 14.8. The highest BCUT2D eigenvalue weighted by molar-refractivity contribution is 6.07. The van der Waals surface area contributed by atoms with E-state index < -0.39 is 0 Å². The summed E-state index contributed by atoms with van der Waals surface area (Å²) in [4.78, 5) is 17.2. The van der Waals surface area contributed by atoms with Crippen LogP contribution in [-0.4, -0.2) is 19.9 Å². The number of rotatable bonds is 2. The third-order valence-electron chi connectivity index (χ3n) is 7.17. The van der Waals surface area contributed by atoms with Crippen LogP contribution in [0.1, 0.15) is 45.0 Å². The summed E-state index contributed by atoms with van der Waals surface area (Å²) < 4.78 is 0. The van der Waals surface area contributed by atoms with E-state index in [4.69, 9.17) is 9.97 Å². The molecule has 0 aliphatic carbocycles. The van der Waals surface area contributed by atoms with Crippen molar-refractivity contribution in [2.24, 2.45) is 0 Å². The van der Waals surface area contributed by atoms with Gasteiger partial charge in [-0.2, -0.15) is 0 Å². The zero-order valence-electron chi connectivity index (χ0n) is 21.3. The normalized spacial score (nSPS) is 12.8. The number of hydrogen-bond acceptors (Lipinski definition) is 2. The Morgan fingerprint density at radius 1 is 0.474 bits per heavy atom. The fourth-order valence-corrected chi connectivity index (χ4v) is 5.32. The van der Waals surface area contributed by atoms with E-state index in [0.717, 1.165) is 56.0 Å². The van der Waals surface area contributed by atoms with Gasteiger partial charge < -0.3 is 9.97 Å². The molecule has 0 atom stereocenters. The van der Waals surface area contributed by atoms with Crippen molar-refractivity contribution in [3.05, 3.63) is 142 Å². The summed E-state index contributed by atoms with van der Waals surface area (Å²) in [6, 6.07) is 33.9. The largest absolute Gasteiger partial charge is 0.355 e. The number of nitrogens with zero attached hydrogens (tertiary/aromatic N) is 2. The molecule has 38 heavy (non-hydrogen) atoms. The van der Waals surface area contributed by atoms with E-state index in [1.807, 2.05) is 0 Å². The van der Waals surface area contributed by atoms with Crippen molar-refractivity contribution >= 4 is 45.4 Å². The van der Waals surface area contributed by atoms with Gasteiger partial charge in [0.1, 0.15) is 0 Å².